The van der Waals surface area contributed by atoms with Crippen LogP contribution in [0.15, 0.2) is 48.5 Å². The quantitative estimate of drug-likeness (QED) is 0.655. The van der Waals surface area contributed by atoms with Gasteiger partial charge in [-0.05, 0) is 37.6 Å². The number of carbonyl (C=O) groups is 1. The van der Waals surface area contributed by atoms with Gasteiger partial charge in [-0.1, -0.05) is 24.3 Å². The molecule has 2 N–H and O–H groups in total. The summed E-state index contributed by atoms with van der Waals surface area (Å²) in [4.78, 5) is 22.6. The third-order valence-electron chi connectivity index (χ3n) is 3.15. The molecule has 0 saturated carbocycles. The van der Waals surface area contributed by atoms with Gasteiger partial charge in [0.05, 0.1) is 4.92 Å². The SMILES string of the molecule is Cc1cccc(NC(C)C(=O)Nc2ccccc2[N+](=O)[O-])c1. The van der Waals surface area contributed by atoms with Crippen molar-refractivity contribution in [1.29, 1.82) is 0 Å². The molecule has 0 aromatic heterocycles. The first-order valence-corrected chi connectivity index (χ1v) is 6.85. The van der Waals surface area contributed by atoms with E-state index in [4.69, 9.17) is 0 Å². The molecule has 0 saturated heterocycles. The second-order valence-corrected chi connectivity index (χ2v) is 5.00. The van der Waals surface area contributed by atoms with Crippen LogP contribution in [-0.4, -0.2) is 16.9 Å². The Balaban J connectivity index is 2.07. The van der Waals surface area contributed by atoms with Crippen molar-refractivity contribution in [3.63, 3.8) is 0 Å². The lowest BCUT2D eigenvalue weighted by atomic mass is 10.2. The van der Waals surface area contributed by atoms with Crippen molar-refractivity contribution >= 4 is 23.0 Å². The van der Waals surface area contributed by atoms with E-state index in [1.807, 2.05) is 31.2 Å². The Morgan fingerprint density at radius 1 is 1.18 bits per heavy atom. The molecular weight excluding hydrogens is 282 g/mol. The molecule has 1 atom stereocenters. The zero-order valence-electron chi connectivity index (χ0n) is 12.4. The first-order valence-electron chi connectivity index (χ1n) is 6.85. The Morgan fingerprint density at radius 2 is 1.91 bits per heavy atom. The smallest absolute Gasteiger partial charge is 0.292 e. The summed E-state index contributed by atoms with van der Waals surface area (Å²) in [5.74, 6) is -0.337. The molecule has 22 heavy (non-hydrogen) atoms. The standard InChI is InChI=1S/C16H17N3O3/c1-11-6-5-7-13(10-11)17-12(2)16(20)18-14-8-3-4-9-15(14)19(21)22/h3-10,12,17H,1-2H3,(H,18,20). The van der Waals surface area contributed by atoms with Crippen molar-refractivity contribution < 1.29 is 9.72 Å². The van der Waals surface area contributed by atoms with Gasteiger partial charge in [0.1, 0.15) is 11.7 Å². The number of amides is 1. The molecule has 0 spiro atoms. The third kappa shape index (κ3) is 3.82. The van der Waals surface area contributed by atoms with E-state index in [-0.39, 0.29) is 17.3 Å². The molecule has 6 heteroatoms. The van der Waals surface area contributed by atoms with Crippen LogP contribution in [-0.2, 0) is 4.79 Å². The Labute approximate surface area is 128 Å². The zero-order chi connectivity index (χ0) is 16.1. The molecule has 2 rings (SSSR count). The van der Waals surface area contributed by atoms with Gasteiger partial charge in [-0.25, -0.2) is 0 Å². The summed E-state index contributed by atoms with van der Waals surface area (Å²) in [6, 6.07) is 13.2. The summed E-state index contributed by atoms with van der Waals surface area (Å²) in [6.45, 7) is 3.66. The van der Waals surface area contributed by atoms with E-state index in [1.54, 1.807) is 19.1 Å². The maximum atomic E-state index is 12.2. The monoisotopic (exact) mass is 299 g/mol. The maximum Gasteiger partial charge on any atom is 0.292 e. The van der Waals surface area contributed by atoms with E-state index in [1.165, 1.54) is 12.1 Å². The Kier molecular flexibility index (Phi) is 4.73. The highest BCUT2D eigenvalue weighted by Crippen LogP contribution is 2.23. The predicted molar refractivity (Wildman–Crippen MR) is 86.0 cm³/mol. The van der Waals surface area contributed by atoms with Gasteiger partial charge in [0.25, 0.3) is 5.69 Å². The van der Waals surface area contributed by atoms with Crippen molar-refractivity contribution in [3.8, 4) is 0 Å². The van der Waals surface area contributed by atoms with E-state index < -0.39 is 11.0 Å². The van der Waals surface area contributed by atoms with Crippen LogP contribution in [0.5, 0.6) is 0 Å². The van der Waals surface area contributed by atoms with Gasteiger partial charge in [-0.15, -0.1) is 0 Å². The molecular formula is C16H17N3O3. The normalized spacial score (nSPS) is 11.5. The second-order valence-electron chi connectivity index (χ2n) is 5.00. The maximum absolute atomic E-state index is 12.2. The summed E-state index contributed by atoms with van der Waals surface area (Å²) in [7, 11) is 0. The van der Waals surface area contributed by atoms with Crippen LogP contribution in [0.25, 0.3) is 0 Å². The second kappa shape index (κ2) is 6.71. The minimum atomic E-state index is -0.526. The Hall–Kier alpha value is -2.89. The number of hydrogen-bond acceptors (Lipinski definition) is 4. The largest absolute Gasteiger partial charge is 0.374 e. The van der Waals surface area contributed by atoms with Gasteiger partial charge in [0.2, 0.25) is 5.91 Å². The number of nitro benzene ring substituents is 1. The van der Waals surface area contributed by atoms with E-state index in [2.05, 4.69) is 10.6 Å². The van der Waals surface area contributed by atoms with E-state index in [9.17, 15) is 14.9 Å². The fraction of sp³-hybridized carbons (Fsp3) is 0.188. The van der Waals surface area contributed by atoms with Gasteiger partial charge in [0.15, 0.2) is 0 Å². The average molecular weight is 299 g/mol. The fourth-order valence-electron chi connectivity index (χ4n) is 2.03. The summed E-state index contributed by atoms with van der Waals surface area (Å²) in [6.07, 6.45) is 0. The topological polar surface area (TPSA) is 84.3 Å². The van der Waals surface area contributed by atoms with Gasteiger partial charge in [-0.2, -0.15) is 0 Å². The van der Waals surface area contributed by atoms with Crippen LogP contribution >= 0.6 is 0 Å². The summed E-state index contributed by atoms with van der Waals surface area (Å²) < 4.78 is 0. The molecule has 0 bridgehead atoms. The lowest BCUT2D eigenvalue weighted by Gasteiger charge is -2.15. The molecule has 1 amide bonds. The molecule has 6 nitrogen and oxygen atoms in total. The Bertz CT molecular complexity index is 701. The van der Waals surface area contributed by atoms with Gasteiger partial charge in [-0.3, -0.25) is 14.9 Å². The number of nitrogens with one attached hydrogen (secondary N) is 2. The van der Waals surface area contributed by atoms with Crippen molar-refractivity contribution in [2.75, 3.05) is 10.6 Å². The number of aryl methyl sites for hydroxylation is 1. The molecule has 0 heterocycles. The molecule has 1 unspecified atom stereocenters. The number of anilines is 2. The fourth-order valence-corrected chi connectivity index (χ4v) is 2.03. The lowest BCUT2D eigenvalue weighted by molar-refractivity contribution is -0.383. The van der Waals surface area contributed by atoms with Crippen LogP contribution in [0.1, 0.15) is 12.5 Å². The first kappa shape index (κ1) is 15.5. The summed E-state index contributed by atoms with van der Waals surface area (Å²) in [5.41, 5.74) is 1.97. The summed E-state index contributed by atoms with van der Waals surface area (Å²) >= 11 is 0. The van der Waals surface area contributed by atoms with Crippen molar-refractivity contribution in [2.24, 2.45) is 0 Å². The molecule has 0 aliphatic heterocycles. The molecule has 2 aromatic carbocycles. The summed E-state index contributed by atoms with van der Waals surface area (Å²) in [5, 5.41) is 16.6. The third-order valence-corrected chi connectivity index (χ3v) is 3.15. The minimum Gasteiger partial charge on any atom is -0.374 e. The zero-order valence-corrected chi connectivity index (χ0v) is 12.4. The highest BCUT2D eigenvalue weighted by Gasteiger charge is 2.18. The number of nitro groups is 1. The average Bonchev–Trinajstić information content (AvgIpc) is 2.47. The first-order chi connectivity index (χ1) is 10.5. The number of para-hydroxylation sites is 2. The highest BCUT2D eigenvalue weighted by atomic mass is 16.6. The number of hydrogen-bond donors (Lipinski definition) is 2. The number of benzene rings is 2. The van der Waals surface area contributed by atoms with Crippen molar-refractivity contribution in [1.82, 2.24) is 0 Å². The van der Waals surface area contributed by atoms with Gasteiger partial charge in [0, 0.05) is 11.8 Å². The molecule has 0 fully saturated rings. The molecule has 114 valence electrons. The van der Waals surface area contributed by atoms with Crippen LogP contribution in [0.3, 0.4) is 0 Å². The van der Waals surface area contributed by atoms with E-state index in [0.29, 0.717) is 0 Å². The highest BCUT2D eigenvalue weighted by molar-refractivity contribution is 5.97. The van der Waals surface area contributed by atoms with Crippen molar-refractivity contribution in [3.05, 3.63) is 64.2 Å². The van der Waals surface area contributed by atoms with Crippen LogP contribution < -0.4 is 10.6 Å². The Morgan fingerprint density at radius 3 is 2.59 bits per heavy atom. The molecule has 0 aliphatic rings. The lowest BCUT2D eigenvalue weighted by Crippen LogP contribution is -2.32. The van der Waals surface area contributed by atoms with Gasteiger partial charge >= 0.3 is 0 Å². The molecule has 0 aliphatic carbocycles. The minimum absolute atomic E-state index is 0.126. The van der Waals surface area contributed by atoms with Crippen molar-refractivity contribution in [2.45, 2.75) is 19.9 Å². The van der Waals surface area contributed by atoms with Gasteiger partial charge < -0.3 is 10.6 Å². The predicted octanol–water partition coefficient (Wildman–Crippen LogP) is 3.34. The number of carbonyl (C=O) groups excluding carboxylic acids is 1. The number of nitrogens with zero attached hydrogens (tertiary/aromatic N) is 1. The van der Waals surface area contributed by atoms with Crippen LogP contribution in [0.4, 0.5) is 17.1 Å². The van der Waals surface area contributed by atoms with Crippen LogP contribution in [0.2, 0.25) is 0 Å². The molecule has 0 radical (unpaired) electrons. The van der Waals surface area contributed by atoms with E-state index in [0.717, 1.165) is 11.3 Å². The van der Waals surface area contributed by atoms with Crippen LogP contribution in [0, 0.1) is 17.0 Å². The number of rotatable bonds is 5. The molecule has 2 aromatic rings. The van der Waals surface area contributed by atoms with E-state index >= 15 is 0 Å².